The quantitative estimate of drug-likeness (QED) is 0.760. The van der Waals surface area contributed by atoms with Gasteiger partial charge in [-0.15, -0.1) is 11.3 Å². The normalized spacial score (nSPS) is 10.7. The number of aromatic nitrogens is 1. The van der Waals surface area contributed by atoms with Crippen LogP contribution >= 0.6 is 11.3 Å². The number of carbonyl (C=O) groups excluding carboxylic acids is 1. The number of nitrogens with zero attached hydrogens (tertiary/aromatic N) is 1. The molecule has 1 N–H and O–H groups in total. The molecule has 0 saturated carbocycles. The number of hydrogen-bond acceptors (Lipinski definition) is 5. The van der Waals surface area contributed by atoms with Gasteiger partial charge in [0, 0.05) is 28.5 Å². The van der Waals surface area contributed by atoms with E-state index in [0.717, 1.165) is 16.8 Å². The Bertz CT molecular complexity index is 914. The van der Waals surface area contributed by atoms with Crippen LogP contribution in [0.3, 0.4) is 0 Å². The van der Waals surface area contributed by atoms with Gasteiger partial charge >= 0.3 is 0 Å². The van der Waals surface area contributed by atoms with Gasteiger partial charge in [-0.05, 0) is 50.1 Å². The third kappa shape index (κ3) is 4.06. The van der Waals surface area contributed by atoms with Crippen LogP contribution in [0.2, 0.25) is 0 Å². The Balaban J connectivity index is 1.98. The van der Waals surface area contributed by atoms with E-state index in [2.05, 4.69) is 10.3 Å². The third-order valence-electron chi connectivity index (χ3n) is 4.09. The van der Waals surface area contributed by atoms with Crippen LogP contribution in [-0.2, 0) is 11.2 Å². The van der Waals surface area contributed by atoms with Crippen LogP contribution in [0, 0.1) is 20.8 Å². The van der Waals surface area contributed by atoms with E-state index in [9.17, 15) is 9.90 Å². The maximum absolute atomic E-state index is 11.1. The van der Waals surface area contributed by atoms with Crippen molar-refractivity contribution < 1.29 is 9.90 Å². The first-order valence-electron chi connectivity index (χ1n) is 8.03. The molecule has 128 valence electrons. The maximum atomic E-state index is 11.1. The Kier molecular flexibility index (Phi) is 4.86. The highest BCUT2D eigenvalue weighted by molar-refractivity contribution is 7.16. The van der Waals surface area contributed by atoms with Crippen molar-refractivity contribution in [3.05, 3.63) is 64.0 Å². The van der Waals surface area contributed by atoms with E-state index in [1.807, 2.05) is 63.2 Å². The molecular weight excluding hydrogens is 332 g/mol. The van der Waals surface area contributed by atoms with Crippen molar-refractivity contribution in [3.8, 4) is 11.3 Å². The summed E-state index contributed by atoms with van der Waals surface area (Å²) in [5.41, 5.74) is 6.07. The Hall–Kier alpha value is -2.66. The Morgan fingerprint density at radius 1 is 1.08 bits per heavy atom. The molecule has 5 heteroatoms. The summed E-state index contributed by atoms with van der Waals surface area (Å²) in [7, 11) is 0. The minimum atomic E-state index is -1.10. The molecule has 3 aromatic rings. The lowest BCUT2D eigenvalue weighted by atomic mass is 10.0. The van der Waals surface area contributed by atoms with Crippen molar-refractivity contribution in [2.45, 2.75) is 27.2 Å². The summed E-state index contributed by atoms with van der Waals surface area (Å²) < 4.78 is 0. The molecule has 0 bridgehead atoms. The molecule has 0 amide bonds. The van der Waals surface area contributed by atoms with E-state index in [-0.39, 0.29) is 6.42 Å². The average molecular weight is 351 g/mol. The van der Waals surface area contributed by atoms with Gasteiger partial charge < -0.3 is 15.2 Å². The highest BCUT2D eigenvalue weighted by atomic mass is 32.1. The van der Waals surface area contributed by atoms with Gasteiger partial charge in [-0.1, -0.05) is 29.8 Å². The molecule has 0 unspecified atom stereocenters. The topological polar surface area (TPSA) is 65.0 Å². The largest absolute Gasteiger partial charge is 0.550 e. The zero-order valence-corrected chi connectivity index (χ0v) is 15.2. The molecule has 1 aromatic heterocycles. The van der Waals surface area contributed by atoms with Gasteiger partial charge in [0.1, 0.15) is 0 Å². The number of anilines is 2. The van der Waals surface area contributed by atoms with Crippen LogP contribution in [0.5, 0.6) is 0 Å². The predicted molar refractivity (Wildman–Crippen MR) is 100 cm³/mol. The molecule has 2 aromatic carbocycles. The van der Waals surface area contributed by atoms with Gasteiger partial charge in [-0.3, -0.25) is 0 Å². The van der Waals surface area contributed by atoms with Crippen molar-refractivity contribution in [1.82, 2.24) is 4.98 Å². The number of aryl methyl sites for hydroxylation is 3. The minimum Gasteiger partial charge on any atom is -0.550 e. The highest BCUT2D eigenvalue weighted by Crippen LogP contribution is 2.33. The first-order chi connectivity index (χ1) is 11.9. The Morgan fingerprint density at radius 2 is 1.80 bits per heavy atom. The molecule has 0 radical (unpaired) electrons. The number of aliphatic carboxylic acids is 1. The van der Waals surface area contributed by atoms with Crippen molar-refractivity contribution in [2.75, 3.05) is 5.32 Å². The second kappa shape index (κ2) is 7.07. The lowest BCUT2D eigenvalue weighted by Crippen LogP contribution is -2.24. The fourth-order valence-corrected chi connectivity index (χ4v) is 3.52. The maximum Gasteiger partial charge on any atom is 0.187 e. The van der Waals surface area contributed by atoms with Gasteiger partial charge in [-0.2, -0.15) is 0 Å². The first kappa shape index (κ1) is 17.2. The monoisotopic (exact) mass is 351 g/mol. The van der Waals surface area contributed by atoms with Gasteiger partial charge in [0.2, 0.25) is 0 Å². The van der Waals surface area contributed by atoms with Crippen LogP contribution < -0.4 is 10.4 Å². The van der Waals surface area contributed by atoms with Crippen molar-refractivity contribution >= 4 is 28.1 Å². The van der Waals surface area contributed by atoms with Crippen molar-refractivity contribution in [2.24, 2.45) is 0 Å². The van der Waals surface area contributed by atoms with E-state index in [1.54, 1.807) is 0 Å². The summed E-state index contributed by atoms with van der Waals surface area (Å²) in [6, 6.07) is 14.0. The van der Waals surface area contributed by atoms with Crippen LogP contribution in [0.25, 0.3) is 11.3 Å². The smallest absolute Gasteiger partial charge is 0.187 e. The molecule has 0 atom stereocenters. The Morgan fingerprint density at radius 3 is 2.44 bits per heavy atom. The van der Waals surface area contributed by atoms with Gasteiger partial charge in [0.15, 0.2) is 5.13 Å². The molecule has 25 heavy (non-hydrogen) atoms. The second-order valence-electron chi connectivity index (χ2n) is 6.13. The number of carbonyl (C=O) groups is 1. The highest BCUT2D eigenvalue weighted by Gasteiger charge is 2.14. The fraction of sp³-hybridized carbons (Fsp3) is 0.200. The minimum absolute atomic E-state index is 0.143. The molecule has 0 aliphatic rings. The number of benzene rings is 2. The lowest BCUT2D eigenvalue weighted by Gasteiger charge is -2.06. The fourth-order valence-electron chi connectivity index (χ4n) is 2.53. The van der Waals surface area contributed by atoms with E-state index < -0.39 is 5.97 Å². The molecule has 1 heterocycles. The summed E-state index contributed by atoms with van der Waals surface area (Å²) in [5.74, 6) is -1.10. The Labute approximate surface area is 151 Å². The standard InChI is InChI=1S/C20H20N2O2S/c1-12-4-8-16(9-5-12)21-20-22-19(17(25-20)11-18(23)24)15-7-6-13(2)14(3)10-15/h4-10H,11H2,1-3H3,(H,21,22)(H,23,24)/p-1. The van der Waals surface area contributed by atoms with Crippen LogP contribution in [0.15, 0.2) is 42.5 Å². The number of nitrogens with one attached hydrogen (secondary N) is 1. The SMILES string of the molecule is Cc1ccc(Nc2nc(-c3ccc(C)c(C)c3)c(CC(=O)[O-])s2)cc1. The number of carboxylic acids is 1. The summed E-state index contributed by atoms with van der Waals surface area (Å²) in [6.45, 7) is 6.12. The average Bonchev–Trinajstić information content (AvgIpc) is 2.94. The molecular formula is C20H19N2O2S-. The van der Waals surface area contributed by atoms with Gasteiger partial charge in [0.05, 0.1) is 5.69 Å². The predicted octanol–water partition coefficient (Wildman–Crippen LogP) is 3.77. The molecule has 0 aliphatic heterocycles. The number of hydrogen-bond donors (Lipinski definition) is 1. The summed E-state index contributed by atoms with van der Waals surface area (Å²) in [6.07, 6.45) is -0.143. The van der Waals surface area contributed by atoms with E-state index in [4.69, 9.17) is 0 Å². The van der Waals surface area contributed by atoms with Crippen LogP contribution in [0.1, 0.15) is 21.6 Å². The first-order valence-corrected chi connectivity index (χ1v) is 8.85. The van der Waals surface area contributed by atoms with Crippen molar-refractivity contribution in [3.63, 3.8) is 0 Å². The van der Waals surface area contributed by atoms with Crippen LogP contribution in [-0.4, -0.2) is 11.0 Å². The zero-order chi connectivity index (χ0) is 18.0. The van der Waals surface area contributed by atoms with E-state index >= 15 is 0 Å². The molecule has 0 spiro atoms. The second-order valence-corrected chi connectivity index (χ2v) is 7.21. The number of thiazole rings is 1. The lowest BCUT2D eigenvalue weighted by molar-refractivity contribution is -0.304. The number of carboxylic acid groups (broad SMARTS) is 1. The molecule has 0 aliphatic carbocycles. The van der Waals surface area contributed by atoms with Crippen LogP contribution in [0.4, 0.5) is 10.8 Å². The van der Waals surface area contributed by atoms with E-state index in [0.29, 0.717) is 15.7 Å². The van der Waals surface area contributed by atoms with E-state index in [1.165, 1.54) is 22.5 Å². The summed E-state index contributed by atoms with van der Waals surface area (Å²) >= 11 is 1.35. The van der Waals surface area contributed by atoms with Crippen molar-refractivity contribution in [1.29, 1.82) is 0 Å². The summed E-state index contributed by atoms with van der Waals surface area (Å²) in [5, 5.41) is 15.1. The van der Waals surface area contributed by atoms with Gasteiger partial charge in [0.25, 0.3) is 0 Å². The molecule has 4 nitrogen and oxygen atoms in total. The summed E-state index contributed by atoms with van der Waals surface area (Å²) in [4.78, 5) is 16.5. The number of rotatable bonds is 5. The third-order valence-corrected chi connectivity index (χ3v) is 5.06. The van der Waals surface area contributed by atoms with Gasteiger partial charge in [-0.25, -0.2) is 4.98 Å². The molecule has 0 saturated heterocycles. The zero-order valence-electron chi connectivity index (χ0n) is 14.4. The molecule has 0 fully saturated rings. The molecule has 3 rings (SSSR count).